The van der Waals surface area contributed by atoms with Crippen molar-refractivity contribution in [3.8, 4) is 0 Å². The first-order valence-corrected chi connectivity index (χ1v) is 8.79. The molecule has 1 heterocycles. The molecule has 2 aromatic rings. The van der Waals surface area contributed by atoms with Crippen molar-refractivity contribution in [3.05, 3.63) is 46.7 Å². The number of aliphatic hydroxyl groups excluding tert-OH is 1. The van der Waals surface area contributed by atoms with Crippen LogP contribution in [0.3, 0.4) is 0 Å². The molecular weight excluding hydrogens is 334 g/mol. The van der Waals surface area contributed by atoms with Crippen molar-refractivity contribution < 1.29 is 9.90 Å². The third-order valence-corrected chi connectivity index (χ3v) is 4.46. The first-order valence-electron chi connectivity index (χ1n) is 7.43. The highest BCUT2D eigenvalue weighted by Crippen LogP contribution is 2.21. The molecule has 2 rings (SSSR count). The molecule has 1 aromatic heterocycles. The van der Waals surface area contributed by atoms with Crippen LogP contribution in [0.2, 0.25) is 5.02 Å². The molecular formula is C16H20ClN3O2S. The molecule has 7 heteroatoms. The van der Waals surface area contributed by atoms with Gasteiger partial charge >= 0.3 is 0 Å². The Labute approximate surface area is 145 Å². The number of amides is 1. The largest absolute Gasteiger partial charge is 0.390 e. The summed E-state index contributed by atoms with van der Waals surface area (Å²) in [6, 6.07) is 7.53. The summed E-state index contributed by atoms with van der Waals surface area (Å²) >= 11 is 7.27. The van der Waals surface area contributed by atoms with Gasteiger partial charge in [-0.05, 0) is 24.1 Å². The van der Waals surface area contributed by atoms with Crippen LogP contribution in [0.25, 0.3) is 0 Å². The molecule has 0 atom stereocenters. The van der Waals surface area contributed by atoms with Crippen molar-refractivity contribution in [1.82, 2.24) is 14.9 Å². The SMILES string of the molecule is CCCNC(=O)CSc1ncc(CO)n1Cc1ccc(Cl)cc1. The number of hydrogen-bond donors (Lipinski definition) is 2. The summed E-state index contributed by atoms with van der Waals surface area (Å²) in [5.74, 6) is 0.297. The standard InChI is InChI=1S/C16H20ClN3O2S/c1-2-7-18-15(22)11-23-16-19-8-14(10-21)20(16)9-12-3-5-13(17)6-4-12/h3-6,8,21H,2,7,9-11H2,1H3,(H,18,22). The number of carbonyl (C=O) groups is 1. The van der Waals surface area contributed by atoms with Gasteiger partial charge in [-0.2, -0.15) is 0 Å². The van der Waals surface area contributed by atoms with E-state index in [0.717, 1.165) is 22.8 Å². The predicted molar refractivity (Wildman–Crippen MR) is 92.7 cm³/mol. The predicted octanol–water partition coefficient (Wildman–Crippen LogP) is 2.70. The molecule has 2 N–H and O–H groups in total. The third-order valence-electron chi connectivity index (χ3n) is 3.22. The summed E-state index contributed by atoms with van der Waals surface area (Å²) in [5, 5.41) is 13.7. The van der Waals surface area contributed by atoms with Gasteiger partial charge in [0.1, 0.15) is 0 Å². The van der Waals surface area contributed by atoms with E-state index >= 15 is 0 Å². The number of carbonyl (C=O) groups excluding carboxylic acids is 1. The average molecular weight is 354 g/mol. The van der Waals surface area contributed by atoms with E-state index in [4.69, 9.17) is 11.6 Å². The van der Waals surface area contributed by atoms with Crippen LogP contribution in [0.15, 0.2) is 35.6 Å². The molecule has 0 aliphatic heterocycles. The smallest absolute Gasteiger partial charge is 0.230 e. The van der Waals surface area contributed by atoms with E-state index in [1.54, 1.807) is 6.20 Å². The topological polar surface area (TPSA) is 67.2 Å². The third kappa shape index (κ3) is 5.27. The molecule has 23 heavy (non-hydrogen) atoms. The fraction of sp³-hybridized carbons (Fsp3) is 0.375. The van der Waals surface area contributed by atoms with Gasteiger partial charge in [0.15, 0.2) is 5.16 Å². The molecule has 0 saturated carbocycles. The fourth-order valence-corrected chi connectivity index (χ4v) is 2.97. The van der Waals surface area contributed by atoms with Crippen LogP contribution in [0, 0.1) is 0 Å². The highest BCUT2D eigenvalue weighted by Gasteiger charge is 2.12. The zero-order chi connectivity index (χ0) is 16.7. The fourth-order valence-electron chi connectivity index (χ4n) is 2.02. The summed E-state index contributed by atoms with van der Waals surface area (Å²) in [6.45, 7) is 3.18. The van der Waals surface area contributed by atoms with Crippen molar-refractivity contribution in [2.75, 3.05) is 12.3 Å². The van der Waals surface area contributed by atoms with Gasteiger partial charge in [-0.25, -0.2) is 4.98 Å². The van der Waals surface area contributed by atoms with E-state index in [-0.39, 0.29) is 12.5 Å². The summed E-state index contributed by atoms with van der Waals surface area (Å²) in [7, 11) is 0. The van der Waals surface area contributed by atoms with E-state index in [1.165, 1.54) is 11.8 Å². The van der Waals surface area contributed by atoms with Crippen LogP contribution < -0.4 is 5.32 Å². The van der Waals surface area contributed by atoms with E-state index in [0.29, 0.717) is 23.9 Å². The van der Waals surface area contributed by atoms with Gasteiger partial charge in [0.25, 0.3) is 0 Å². The molecule has 0 aliphatic carbocycles. The van der Waals surface area contributed by atoms with Crippen LogP contribution in [-0.2, 0) is 17.9 Å². The minimum absolute atomic E-state index is 0.0107. The number of nitrogens with one attached hydrogen (secondary N) is 1. The molecule has 0 spiro atoms. The lowest BCUT2D eigenvalue weighted by molar-refractivity contribution is -0.118. The minimum Gasteiger partial charge on any atom is -0.390 e. The Hall–Kier alpha value is -1.50. The number of benzene rings is 1. The number of nitrogens with zero attached hydrogens (tertiary/aromatic N) is 2. The summed E-state index contributed by atoms with van der Waals surface area (Å²) in [6.07, 6.45) is 2.55. The molecule has 124 valence electrons. The Morgan fingerprint density at radius 1 is 1.39 bits per heavy atom. The Bertz CT molecular complexity index is 643. The second-order valence-electron chi connectivity index (χ2n) is 5.04. The van der Waals surface area contributed by atoms with Crippen LogP contribution in [0.1, 0.15) is 24.6 Å². The van der Waals surface area contributed by atoms with Gasteiger partial charge in [-0.3, -0.25) is 4.79 Å². The zero-order valence-corrected chi connectivity index (χ0v) is 14.5. The van der Waals surface area contributed by atoms with Gasteiger partial charge in [0.05, 0.1) is 24.3 Å². The van der Waals surface area contributed by atoms with Crippen molar-refractivity contribution in [3.63, 3.8) is 0 Å². The van der Waals surface area contributed by atoms with Gasteiger partial charge in [-0.15, -0.1) is 0 Å². The van der Waals surface area contributed by atoms with E-state index in [2.05, 4.69) is 10.3 Å². The monoisotopic (exact) mass is 353 g/mol. The molecule has 5 nitrogen and oxygen atoms in total. The van der Waals surface area contributed by atoms with Crippen molar-refractivity contribution in [2.24, 2.45) is 0 Å². The Morgan fingerprint density at radius 2 is 2.13 bits per heavy atom. The first-order chi connectivity index (χ1) is 11.1. The number of thioether (sulfide) groups is 1. The lowest BCUT2D eigenvalue weighted by Gasteiger charge is -2.11. The quantitative estimate of drug-likeness (QED) is 0.716. The first kappa shape index (κ1) is 17.8. The zero-order valence-electron chi connectivity index (χ0n) is 13.0. The van der Waals surface area contributed by atoms with Crippen molar-refractivity contribution >= 4 is 29.3 Å². The number of rotatable bonds is 8. The Kier molecular flexibility index (Phi) is 6.95. The van der Waals surface area contributed by atoms with Crippen LogP contribution in [0.5, 0.6) is 0 Å². The molecule has 0 unspecified atom stereocenters. The number of halogens is 1. The summed E-state index contributed by atoms with van der Waals surface area (Å²) in [4.78, 5) is 16.0. The van der Waals surface area contributed by atoms with Crippen molar-refractivity contribution in [2.45, 2.75) is 31.7 Å². The Morgan fingerprint density at radius 3 is 2.78 bits per heavy atom. The van der Waals surface area contributed by atoms with E-state index in [1.807, 2.05) is 35.8 Å². The number of aromatic nitrogens is 2. The molecule has 0 bridgehead atoms. The van der Waals surface area contributed by atoms with E-state index in [9.17, 15) is 9.90 Å². The number of imidazole rings is 1. The lowest BCUT2D eigenvalue weighted by atomic mass is 10.2. The van der Waals surface area contributed by atoms with Gasteiger partial charge in [0, 0.05) is 18.1 Å². The molecule has 0 fully saturated rings. The normalized spacial score (nSPS) is 10.7. The van der Waals surface area contributed by atoms with Crippen LogP contribution >= 0.6 is 23.4 Å². The highest BCUT2D eigenvalue weighted by molar-refractivity contribution is 7.99. The molecule has 1 aromatic carbocycles. The maximum absolute atomic E-state index is 11.7. The van der Waals surface area contributed by atoms with Crippen LogP contribution in [-0.4, -0.2) is 32.9 Å². The maximum Gasteiger partial charge on any atom is 0.230 e. The summed E-state index contributed by atoms with van der Waals surface area (Å²) in [5.41, 5.74) is 1.77. The highest BCUT2D eigenvalue weighted by atomic mass is 35.5. The van der Waals surface area contributed by atoms with Crippen molar-refractivity contribution in [1.29, 1.82) is 0 Å². The van der Waals surface area contributed by atoms with Gasteiger partial charge < -0.3 is 15.0 Å². The number of aliphatic hydroxyl groups is 1. The molecule has 0 aliphatic rings. The van der Waals surface area contributed by atoms with Gasteiger partial charge in [0.2, 0.25) is 5.91 Å². The summed E-state index contributed by atoms with van der Waals surface area (Å²) < 4.78 is 1.92. The van der Waals surface area contributed by atoms with E-state index < -0.39 is 0 Å². The second kappa shape index (κ2) is 8.96. The number of hydrogen-bond acceptors (Lipinski definition) is 4. The molecule has 0 saturated heterocycles. The Balaban J connectivity index is 2.07. The average Bonchev–Trinajstić information content (AvgIpc) is 2.95. The molecule has 0 radical (unpaired) electrons. The van der Waals surface area contributed by atoms with Crippen LogP contribution in [0.4, 0.5) is 0 Å². The second-order valence-corrected chi connectivity index (χ2v) is 6.42. The lowest BCUT2D eigenvalue weighted by Crippen LogP contribution is -2.25. The maximum atomic E-state index is 11.7. The minimum atomic E-state index is -0.0941. The van der Waals surface area contributed by atoms with Gasteiger partial charge in [-0.1, -0.05) is 42.4 Å². The molecule has 1 amide bonds.